The van der Waals surface area contributed by atoms with Gasteiger partial charge in [-0.3, -0.25) is 9.59 Å². The van der Waals surface area contributed by atoms with E-state index in [1.165, 1.54) is 18.3 Å². The van der Waals surface area contributed by atoms with E-state index in [0.717, 1.165) is 33.4 Å². The lowest BCUT2D eigenvalue weighted by Crippen LogP contribution is -2.36. The number of rotatable bonds is 8. The summed E-state index contributed by atoms with van der Waals surface area (Å²) in [7, 11) is 1.65. The average molecular weight is 548 g/mol. The maximum atomic E-state index is 13.9. The molecule has 1 saturated heterocycles. The number of methoxy groups -OCH3 is 1. The van der Waals surface area contributed by atoms with Crippen molar-refractivity contribution in [3.05, 3.63) is 83.3 Å². The number of hydrogen-bond acceptors (Lipinski definition) is 5. The van der Waals surface area contributed by atoms with Gasteiger partial charge in [-0.25, -0.2) is 4.39 Å². The largest absolute Gasteiger partial charge is 0.398 e. The fourth-order valence-corrected chi connectivity index (χ4v) is 5.48. The minimum atomic E-state index is -0.505. The highest BCUT2D eigenvalue weighted by Crippen LogP contribution is 2.44. The number of aromatic nitrogens is 1. The SMILES string of the molecule is COCC(C)(C)c1c(-c2ccc(C(=O)NC3CNC(=O)C3)cc2)c2cc(N)c(C=N)cc2n1-c1ccc(F)cc1.[HH].[HH].[HH]. The van der Waals surface area contributed by atoms with E-state index in [0.29, 0.717) is 30.0 Å². The summed E-state index contributed by atoms with van der Waals surface area (Å²) in [5.74, 6) is -0.661. The summed E-state index contributed by atoms with van der Waals surface area (Å²) < 4.78 is 21.6. The first kappa shape index (κ1) is 27.1. The average Bonchev–Trinajstić information content (AvgIpc) is 3.49. The second-order valence-electron chi connectivity index (χ2n) is 10.8. The molecule has 212 valence electrons. The van der Waals surface area contributed by atoms with Gasteiger partial charge in [-0.2, -0.15) is 0 Å². The van der Waals surface area contributed by atoms with E-state index >= 15 is 0 Å². The molecule has 0 bridgehead atoms. The summed E-state index contributed by atoms with van der Waals surface area (Å²) in [6.45, 7) is 4.98. The topological polar surface area (TPSA) is 122 Å². The number of nitrogens with zero attached hydrogens (tertiary/aromatic N) is 1. The van der Waals surface area contributed by atoms with Crippen LogP contribution in [0.15, 0.2) is 60.7 Å². The lowest BCUT2D eigenvalue weighted by atomic mass is 9.84. The smallest absolute Gasteiger partial charge is 0.251 e. The maximum absolute atomic E-state index is 13.9. The normalized spacial score (nSPS) is 15.3. The molecular weight excluding hydrogens is 509 g/mol. The van der Waals surface area contributed by atoms with Crippen LogP contribution in [-0.4, -0.2) is 48.9 Å². The predicted octanol–water partition coefficient (Wildman–Crippen LogP) is 5.30. The standard InChI is InChI=1S/C31H32FN5O3.3H2/c1-31(2,17-40-3)29-28(18-4-6-19(7-5-18)30(39)36-22-13-27(38)35-16-22)24-14-25(34)20(15-33)12-26(24)37(29)23-10-8-21(32)9-11-23;;;/h4-12,14-15,22,33H,13,16-17,34H2,1-3H3,(H,35,38)(H,36,39);3*1H. The molecule has 1 aromatic heterocycles. The van der Waals surface area contributed by atoms with Gasteiger partial charge in [0.25, 0.3) is 5.91 Å². The minimum Gasteiger partial charge on any atom is -0.398 e. The number of fused-ring (bicyclic) bond motifs is 1. The molecule has 5 rings (SSSR count). The van der Waals surface area contributed by atoms with E-state index < -0.39 is 5.41 Å². The Morgan fingerprint density at radius 2 is 1.93 bits per heavy atom. The molecular formula is C31H38FN5O3. The quantitative estimate of drug-likeness (QED) is 0.177. The number of nitrogens with two attached hydrogens (primary N) is 1. The Hall–Kier alpha value is -4.50. The van der Waals surface area contributed by atoms with E-state index in [-0.39, 0.29) is 34.4 Å². The maximum Gasteiger partial charge on any atom is 0.251 e. The summed E-state index contributed by atoms with van der Waals surface area (Å²) in [5.41, 5.74) is 11.6. The van der Waals surface area contributed by atoms with Crippen LogP contribution < -0.4 is 16.4 Å². The Kier molecular flexibility index (Phi) is 7.16. The lowest BCUT2D eigenvalue weighted by Gasteiger charge is -2.28. The number of halogens is 1. The molecule has 0 radical (unpaired) electrons. The van der Waals surface area contributed by atoms with Crippen LogP contribution in [0.25, 0.3) is 27.7 Å². The molecule has 3 aromatic carbocycles. The molecule has 0 aliphatic carbocycles. The lowest BCUT2D eigenvalue weighted by molar-refractivity contribution is -0.119. The molecule has 0 saturated carbocycles. The van der Waals surface area contributed by atoms with Gasteiger partial charge >= 0.3 is 0 Å². The van der Waals surface area contributed by atoms with Gasteiger partial charge in [0.05, 0.1) is 18.2 Å². The Balaban J connectivity index is 0.00000215. The molecule has 1 aliphatic heterocycles. The fourth-order valence-electron chi connectivity index (χ4n) is 5.48. The van der Waals surface area contributed by atoms with Crippen molar-refractivity contribution in [2.75, 3.05) is 26.0 Å². The highest BCUT2D eigenvalue weighted by molar-refractivity contribution is 6.05. The predicted molar refractivity (Wildman–Crippen MR) is 161 cm³/mol. The number of hydrogen-bond donors (Lipinski definition) is 4. The molecule has 8 nitrogen and oxygen atoms in total. The van der Waals surface area contributed by atoms with Gasteiger partial charge in [-0.1, -0.05) is 26.0 Å². The van der Waals surface area contributed by atoms with Crippen LogP contribution in [0, 0.1) is 11.2 Å². The van der Waals surface area contributed by atoms with Gasteiger partial charge < -0.3 is 31.1 Å². The highest BCUT2D eigenvalue weighted by atomic mass is 19.1. The van der Waals surface area contributed by atoms with Gasteiger partial charge in [0.2, 0.25) is 5.91 Å². The van der Waals surface area contributed by atoms with Gasteiger partial charge in [-0.05, 0) is 54.1 Å². The van der Waals surface area contributed by atoms with E-state index in [2.05, 4.69) is 29.0 Å². The Bertz CT molecular complexity index is 1620. The van der Waals surface area contributed by atoms with Crippen LogP contribution in [-0.2, 0) is 14.9 Å². The zero-order chi connectivity index (χ0) is 28.6. The molecule has 9 heteroatoms. The monoisotopic (exact) mass is 547 g/mol. The van der Waals surface area contributed by atoms with Gasteiger partial charge in [0.1, 0.15) is 5.82 Å². The molecule has 5 N–H and O–H groups in total. The molecule has 1 aliphatic rings. The van der Waals surface area contributed by atoms with Crippen LogP contribution >= 0.6 is 0 Å². The molecule has 1 fully saturated rings. The number of carbonyl (C=O) groups is 2. The van der Waals surface area contributed by atoms with E-state index in [1.807, 2.05) is 24.3 Å². The van der Waals surface area contributed by atoms with Crippen molar-refractivity contribution in [3.8, 4) is 16.8 Å². The number of nitrogen functional groups attached to an aromatic ring is 1. The number of anilines is 1. The molecule has 2 heterocycles. The van der Waals surface area contributed by atoms with Crippen LogP contribution in [0.2, 0.25) is 0 Å². The van der Waals surface area contributed by atoms with Crippen molar-refractivity contribution >= 4 is 34.6 Å². The number of amides is 2. The van der Waals surface area contributed by atoms with Crippen molar-refractivity contribution in [2.45, 2.75) is 31.7 Å². The third-order valence-corrected chi connectivity index (χ3v) is 7.31. The van der Waals surface area contributed by atoms with Crippen molar-refractivity contribution in [1.82, 2.24) is 15.2 Å². The van der Waals surface area contributed by atoms with Crippen molar-refractivity contribution in [1.29, 1.82) is 5.41 Å². The number of benzene rings is 3. The van der Waals surface area contributed by atoms with Crippen molar-refractivity contribution in [2.24, 2.45) is 0 Å². The van der Waals surface area contributed by atoms with Crippen molar-refractivity contribution in [3.63, 3.8) is 0 Å². The second-order valence-corrected chi connectivity index (χ2v) is 10.8. The Morgan fingerprint density at radius 3 is 2.52 bits per heavy atom. The molecule has 2 amide bonds. The van der Waals surface area contributed by atoms with Gasteiger partial charge in [0.15, 0.2) is 0 Å². The first-order valence-electron chi connectivity index (χ1n) is 13.0. The summed E-state index contributed by atoms with van der Waals surface area (Å²) >= 11 is 0. The summed E-state index contributed by atoms with van der Waals surface area (Å²) in [6.07, 6.45) is 1.49. The summed E-state index contributed by atoms with van der Waals surface area (Å²) in [4.78, 5) is 24.4. The first-order valence-corrected chi connectivity index (χ1v) is 13.0. The Labute approximate surface area is 236 Å². The van der Waals surface area contributed by atoms with Crippen LogP contribution in [0.3, 0.4) is 0 Å². The molecule has 0 spiro atoms. The van der Waals surface area contributed by atoms with Gasteiger partial charge in [-0.15, -0.1) is 0 Å². The van der Waals surface area contributed by atoms with Crippen LogP contribution in [0.4, 0.5) is 10.1 Å². The zero-order valence-corrected chi connectivity index (χ0v) is 22.7. The Morgan fingerprint density at radius 1 is 1.23 bits per heavy atom. The summed E-state index contributed by atoms with van der Waals surface area (Å²) in [5, 5.41) is 14.4. The number of carbonyl (C=O) groups excluding carboxylic acids is 2. The zero-order valence-electron chi connectivity index (χ0n) is 22.7. The second kappa shape index (κ2) is 10.6. The fraction of sp³-hybridized carbons (Fsp3) is 0.258. The third kappa shape index (κ3) is 4.96. The van der Waals surface area contributed by atoms with E-state index in [4.69, 9.17) is 15.9 Å². The minimum absolute atomic E-state index is 0. The van der Waals surface area contributed by atoms with Crippen molar-refractivity contribution < 1.29 is 23.0 Å². The van der Waals surface area contributed by atoms with Crippen LogP contribution in [0.1, 0.15) is 46.2 Å². The van der Waals surface area contributed by atoms with Crippen LogP contribution in [0.5, 0.6) is 0 Å². The third-order valence-electron chi connectivity index (χ3n) is 7.31. The molecule has 4 aromatic rings. The number of nitrogens with one attached hydrogen (secondary N) is 3. The molecule has 1 unspecified atom stereocenters. The van der Waals surface area contributed by atoms with Gasteiger partial charge in [0, 0.05) is 75.1 Å². The molecule has 1 atom stereocenters. The van der Waals surface area contributed by atoms with E-state index in [1.54, 1.807) is 31.4 Å². The van der Waals surface area contributed by atoms with E-state index in [9.17, 15) is 14.0 Å². The molecule has 40 heavy (non-hydrogen) atoms. The highest BCUT2D eigenvalue weighted by Gasteiger charge is 2.32. The first-order chi connectivity index (χ1) is 19.1. The summed E-state index contributed by atoms with van der Waals surface area (Å²) in [6, 6.07) is 17.1. The number of ether oxygens (including phenoxy) is 1.